The van der Waals surface area contributed by atoms with E-state index in [9.17, 15) is 13.2 Å². The number of nitrogens with zero attached hydrogens (tertiary/aromatic N) is 2. The zero-order valence-corrected chi connectivity index (χ0v) is 15.2. The Balaban J connectivity index is 1.82. The quantitative estimate of drug-likeness (QED) is 0.801. The van der Waals surface area contributed by atoms with Crippen LogP contribution in [0.25, 0.3) is 0 Å². The van der Waals surface area contributed by atoms with E-state index >= 15 is 0 Å². The molecular formula is C16H21N3O5S. The van der Waals surface area contributed by atoms with Crippen LogP contribution in [0.1, 0.15) is 17.0 Å². The molecule has 0 saturated carbocycles. The number of benzene rings is 1. The molecule has 0 aliphatic rings. The molecule has 25 heavy (non-hydrogen) atoms. The minimum Gasteiger partial charge on any atom is -0.445 e. The van der Waals surface area contributed by atoms with Crippen molar-refractivity contribution in [3.8, 4) is 0 Å². The molecule has 0 unspecified atom stereocenters. The van der Waals surface area contributed by atoms with Gasteiger partial charge in [0.05, 0.1) is 0 Å². The molecule has 0 atom stereocenters. The smallest absolute Gasteiger partial charge is 0.407 e. The van der Waals surface area contributed by atoms with E-state index in [-0.39, 0.29) is 30.4 Å². The van der Waals surface area contributed by atoms with Gasteiger partial charge < -0.3 is 14.6 Å². The van der Waals surface area contributed by atoms with Crippen molar-refractivity contribution in [1.29, 1.82) is 0 Å². The Labute approximate surface area is 146 Å². The molecule has 1 aromatic carbocycles. The first-order valence-electron chi connectivity index (χ1n) is 7.66. The molecule has 9 heteroatoms. The standard InChI is InChI=1S/C16H21N3O5S/c1-12-15(13(2)24-18-12)25(21,22)19(3)10-9-17-16(20)23-11-14-7-5-4-6-8-14/h4-8H,9-11H2,1-3H3,(H,17,20). The number of aromatic nitrogens is 1. The lowest BCUT2D eigenvalue weighted by Crippen LogP contribution is -2.36. The number of ether oxygens (including phenoxy) is 1. The van der Waals surface area contributed by atoms with Crippen molar-refractivity contribution >= 4 is 16.1 Å². The fraction of sp³-hybridized carbons (Fsp3) is 0.375. The maximum atomic E-state index is 12.5. The first-order chi connectivity index (χ1) is 11.8. The van der Waals surface area contributed by atoms with E-state index in [2.05, 4.69) is 10.5 Å². The number of nitrogens with one attached hydrogen (secondary N) is 1. The molecule has 0 aliphatic heterocycles. The van der Waals surface area contributed by atoms with Gasteiger partial charge in [-0.05, 0) is 19.4 Å². The average molecular weight is 367 g/mol. The second kappa shape index (κ2) is 8.13. The molecule has 8 nitrogen and oxygen atoms in total. The largest absolute Gasteiger partial charge is 0.445 e. The highest BCUT2D eigenvalue weighted by molar-refractivity contribution is 7.89. The lowest BCUT2D eigenvalue weighted by atomic mass is 10.2. The topological polar surface area (TPSA) is 102 Å². The monoisotopic (exact) mass is 367 g/mol. The van der Waals surface area contributed by atoms with Crippen molar-refractivity contribution in [2.24, 2.45) is 0 Å². The van der Waals surface area contributed by atoms with Gasteiger partial charge >= 0.3 is 6.09 Å². The number of sulfonamides is 1. The van der Waals surface area contributed by atoms with Crippen LogP contribution in [-0.2, 0) is 21.4 Å². The van der Waals surface area contributed by atoms with Crippen LogP contribution in [0.15, 0.2) is 39.8 Å². The molecule has 0 saturated heterocycles. The summed E-state index contributed by atoms with van der Waals surface area (Å²) in [6.07, 6.45) is -0.605. The summed E-state index contributed by atoms with van der Waals surface area (Å²) in [5, 5.41) is 6.18. The number of hydrogen-bond donors (Lipinski definition) is 1. The van der Waals surface area contributed by atoms with Crippen LogP contribution < -0.4 is 5.32 Å². The number of likely N-dealkylation sites (N-methyl/N-ethyl adjacent to an activating group) is 1. The second-order valence-corrected chi connectivity index (χ2v) is 7.45. The Morgan fingerprint density at radius 3 is 2.56 bits per heavy atom. The maximum Gasteiger partial charge on any atom is 0.407 e. The first-order valence-corrected chi connectivity index (χ1v) is 9.10. The predicted octanol–water partition coefficient (Wildman–Crippen LogP) is 1.84. The summed E-state index contributed by atoms with van der Waals surface area (Å²) >= 11 is 0. The number of amides is 1. The molecule has 1 heterocycles. The third-order valence-electron chi connectivity index (χ3n) is 3.54. The molecule has 0 radical (unpaired) electrons. The van der Waals surface area contributed by atoms with Crippen molar-refractivity contribution < 1.29 is 22.5 Å². The van der Waals surface area contributed by atoms with Gasteiger partial charge in [-0.15, -0.1) is 0 Å². The van der Waals surface area contributed by atoms with Crippen LogP contribution in [0.2, 0.25) is 0 Å². The van der Waals surface area contributed by atoms with Crippen molar-refractivity contribution in [2.75, 3.05) is 20.1 Å². The van der Waals surface area contributed by atoms with Gasteiger partial charge in [0, 0.05) is 20.1 Å². The summed E-state index contributed by atoms with van der Waals surface area (Å²) in [4.78, 5) is 11.7. The van der Waals surface area contributed by atoms with E-state index in [4.69, 9.17) is 9.26 Å². The Bertz CT molecular complexity index is 798. The molecule has 2 aromatic rings. The maximum absolute atomic E-state index is 12.5. The summed E-state index contributed by atoms with van der Waals surface area (Å²) in [6.45, 7) is 3.47. The zero-order chi connectivity index (χ0) is 18.4. The minimum atomic E-state index is -3.73. The number of carbonyl (C=O) groups excluding carboxylic acids is 1. The van der Waals surface area contributed by atoms with Gasteiger partial charge in [-0.2, -0.15) is 4.31 Å². The number of hydrogen-bond acceptors (Lipinski definition) is 6. The molecule has 1 aromatic heterocycles. The summed E-state index contributed by atoms with van der Waals surface area (Å²) in [5.74, 6) is 0.236. The van der Waals surface area contributed by atoms with E-state index in [1.807, 2.05) is 30.3 Å². The number of rotatable bonds is 7. The molecule has 0 bridgehead atoms. The third-order valence-corrected chi connectivity index (χ3v) is 5.65. The van der Waals surface area contributed by atoms with Crippen LogP contribution in [0.5, 0.6) is 0 Å². The predicted molar refractivity (Wildman–Crippen MR) is 90.4 cm³/mol. The third kappa shape index (κ3) is 4.80. The van der Waals surface area contributed by atoms with Gasteiger partial charge in [-0.25, -0.2) is 13.2 Å². The van der Waals surface area contributed by atoms with E-state index in [1.54, 1.807) is 13.8 Å². The SMILES string of the molecule is Cc1noc(C)c1S(=O)(=O)N(C)CCNC(=O)OCc1ccccc1. The van der Waals surface area contributed by atoms with Crippen LogP contribution in [0.3, 0.4) is 0 Å². The lowest BCUT2D eigenvalue weighted by Gasteiger charge is -2.17. The van der Waals surface area contributed by atoms with Gasteiger partial charge in [0.2, 0.25) is 10.0 Å². The Kier molecular flexibility index (Phi) is 6.16. The Morgan fingerprint density at radius 2 is 1.96 bits per heavy atom. The summed E-state index contributed by atoms with van der Waals surface area (Å²) < 4.78 is 36.1. The van der Waals surface area contributed by atoms with Gasteiger partial charge in [-0.1, -0.05) is 35.5 Å². The van der Waals surface area contributed by atoms with E-state index in [1.165, 1.54) is 7.05 Å². The minimum absolute atomic E-state index is 0.0571. The van der Waals surface area contributed by atoms with Gasteiger partial charge in [0.1, 0.15) is 17.2 Å². The van der Waals surface area contributed by atoms with Crippen molar-refractivity contribution in [2.45, 2.75) is 25.3 Å². The number of alkyl carbamates (subject to hydrolysis) is 1. The molecule has 0 aliphatic carbocycles. The highest BCUT2D eigenvalue weighted by Crippen LogP contribution is 2.21. The number of carbonyl (C=O) groups is 1. The zero-order valence-electron chi connectivity index (χ0n) is 14.4. The molecule has 1 amide bonds. The van der Waals surface area contributed by atoms with Crippen LogP contribution >= 0.6 is 0 Å². The fourth-order valence-corrected chi connectivity index (χ4v) is 3.66. The molecule has 2 rings (SSSR count). The number of aryl methyl sites for hydroxylation is 2. The highest BCUT2D eigenvalue weighted by atomic mass is 32.2. The molecule has 0 spiro atoms. The van der Waals surface area contributed by atoms with E-state index in [0.717, 1.165) is 9.87 Å². The van der Waals surface area contributed by atoms with E-state index < -0.39 is 16.1 Å². The van der Waals surface area contributed by atoms with E-state index in [0.29, 0.717) is 5.69 Å². The van der Waals surface area contributed by atoms with Gasteiger partial charge in [-0.3, -0.25) is 0 Å². The van der Waals surface area contributed by atoms with Crippen molar-refractivity contribution in [1.82, 2.24) is 14.8 Å². The second-order valence-electron chi connectivity index (χ2n) is 5.47. The summed E-state index contributed by atoms with van der Waals surface area (Å²) in [7, 11) is -2.30. The lowest BCUT2D eigenvalue weighted by molar-refractivity contribution is 0.139. The van der Waals surface area contributed by atoms with Crippen molar-refractivity contribution in [3.63, 3.8) is 0 Å². The van der Waals surface area contributed by atoms with Crippen LogP contribution in [0.4, 0.5) is 4.79 Å². The normalized spacial score (nSPS) is 11.5. The molecule has 136 valence electrons. The van der Waals surface area contributed by atoms with Crippen LogP contribution in [0, 0.1) is 13.8 Å². The van der Waals surface area contributed by atoms with Gasteiger partial charge in [0.25, 0.3) is 0 Å². The average Bonchev–Trinajstić information content (AvgIpc) is 2.93. The first kappa shape index (κ1) is 18.9. The fourth-order valence-electron chi connectivity index (χ4n) is 2.21. The Hall–Kier alpha value is -2.39. The molecular weight excluding hydrogens is 346 g/mol. The summed E-state index contributed by atoms with van der Waals surface area (Å²) in [6, 6.07) is 9.27. The molecule has 1 N–H and O–H groups in total. The summed E-state index contributed by atoms with van der Waals surface area (Å²) in [5.41, 5.74) is 1.18. The molecule has 0 fully saturated rings. The van der Waals surface area contributed by atoms with Gasteiger partial charge in [0.15, 0.2) is 5.76 Å². The van der Waals surface area contributed by atoms with Crippen molar-refractivity contribution in [3.05, 3.63) is 47.3 Å². The Morgan fingerprint density at radius 1 is 1.28 bits per heavy atom. The van der Waals surface area contributed by atoms with Crippen LogP contribution in [-0.4, -0.2) is 44.1 Å². The highest BCUT2D eigenvalue weighted by Gasteiger charge is 2.28.